The molecule has 7 nitrogen and oxygen atoms in total. The van der Waals surface area contributed by atoms with Gasteiger partial charge in [-0.2, -0.15) is 0 Å². The Morgan fingerprint density at radius 2 is 2.11 bits per heavy atom. The van der Waals surface area contributed by atoms with Gasteiger partial charge in [0.15, 0.2) is 0 Å². The number of aliphatic carboxylic acids is 1. The summed E-state index contributed by atoms with van der Waals surface area (Å²) in [6.07, 6.45) is 2.77. The Morgan fingerprint density at radius 3 is 2.63 bits per heavy atom. The highest BCUT2D eigenvalue weighted by Crippen LogP contribution is 2.04. The van der Waals surface area contributed by atoms with Gasteiger partial charge in [0.25, 0.3) is 5.91 Å². The van der Waals surface area contributed by atoms with Crippen LogP contribution in [0.2, 0.25) is 0 Å². The van der Waals surface area contributed by atoms with E-state index in [0.717, 1.165) is 5.56 Å². The molecule has 7 heteroatoms. The molecule has 0 aromatic carbocycles. The normalized spacial score (nSPS) is 11.6. The highest BCUT2D eigenvalue weighted by atomic mass is 16.4. The summed E-state index contributed by atoms with van der Waals surface area (Å²) in [7, 11) is 0. The molecule has 0 saturated heterocycles. The zero-order valence-electron chi connectivity index (χ0n) is 10.4. The summed E-state index contributed by atoms with van der Waals surface area (Å²) in [5.74, 6) is -2.37. The Bertz CT molecular complexity index is 502. The number of amides is 2. The van der Waals surface area contributed by atoms with Crippen molar-refractivity contribution < 1.29 is 19.5 Å². The maximum atomic E-state index is 11.8. The first kappa shape index (κ1) is 14.6. The summed E-state index contributed by atoms with van der Waals surface area (Å²) in [5.41, 5.74) is 6.01. The van der Waals surface area contributed by atoms with Gasteiger partial charge in [0.05, 0.1) is 5.56 Å². The van der Waals surface area contributed by atoms with Gasteiger partial charge in [0.1, 0.15) is 6.04 Å². The number of nitrogens with two attached hydrogens (primary N) is 1. The molecule has 19 heavy (non-hydrogen) atoms. The van der Waals surface area contributed by atoms with Gasteiger partial charge in [0, 0.05) is 18.8 Å². The highest BCUT2D eigenvalue weighted by molar-refractivity contribution is 5.96. The Balaban J connectivity index is 2.71. The predicted molar refractivity (Wildman–Crippen MR) is 66.3 cm³/mol. The molecule has 4 N–H and O–H groups in total. The van der Waals surface area contributed by atoms with Gasteiger partial charge in [-0.05, 0) is 25.0 Å². The predicted octanol–water partition coefficient (Wildman–Crippen LogP) is -0.161. The van der Waals surface area contributed by atoms with Gasteiger partial charge < -0.3 is 16.2 Å². The van der Waals surface area contributed by atoms with Crippen LogP contribution in [-0.4, -0.2) is 33.9 Å². The number of aromatic nitrogens is 1. The summed E-state index contributed by atoms with van der Waals surface area (Å²) in [5, 5.41) is 11.3. The van der Waals surface area contributed by atoms with E-state index >= 15 is 0 Å². The number of aryl methyl sites for hydroxylation is 1. The van der Waals surface area contributed by atoms with Crippen LogP contribution >= 0.6 is 0 Å². The molecule has 0 bridgehead atoms. The minimum Gasteiger partial charge on any atom is -0.480 e. The first-order valence-corrected chi connectivity index (χ1v) is 5.63. The molecule has 1 rings (SSSR count). The number of primary amides is 1. The van der Waals surface area contributed by atoms with Crippen LogP contribution in [0.3, 0.4) is 0 Å². The minimum atomic E-state index is -1.21. The number of hydrogen-bond acceptors (Lipinski definition) is 4. The van der Waals surface area contributed by atoms with E-state index in [9.17, 15) is 14.4 Å². The van der Waals surface area contributed by atoms with Crippen LogP contribution in [0.5, 0.6) is 0 Å². The number of carbonyl (C=O) groups is 3. The van der Waals surface area contributed by atoms with Crippen molar-refractivity contribution in [3.63, 3.8) is 0 Å². The van der Waals surface area contributed by atoms with E-state index in [0.29, 0.717) is 0 Å². The number of rotatable bonds is 6. The average Bonchev–Trinajstić information content (AvgIpc) is 2.33. The molecular formula is C12H15N3O4. The Hall–Kier alpha value is -2.44. The number of carboxylic acids is 1. The number of hydrogen-bond donors (Lipinski definition) is 3. The molecule has 1 aromatic heterocycles. The molecule has 102 valence electrons. The lowest BCUT2D eigenvalue weighted by molar-refractivity contribution is -0.139. The van der Waals surface area contributed by atoms with Crippen LogP contribution in [0.4, 0.5) is 0 Å². The monoisotopic (exact) mass is 265 g/mol. The summed E-state index contributed by atoms with van der Waals surface area (Å²) >= 11 is 0. The second kappa shape index (κ2) is 6.48. The molecule has 0 aliphatic heterocycles. The van der Waals surface area contributed by atoms with Gasteiger partial charge in [-0.25, -0.2) is 4.79 Å². The van der Waals surface area contributed by atoms with E-state index in [4.69, 9.17) is 10.8 Å². The summed E-state index contributed by atoms with van der Waals surface area (Å²) < 4.78 is 0. The molecule has 0 aliphatic carbocycles. The zero-order chi connectivity index (χ0) is 14.4. The van der Waals surface area contributed by atoms with Crippen LogP contribution in [0, 0.1) is 6.92 Å². The quantitative estimate of drug-likeness (QED) is 0.659. The van der Waals surface area contributed by atoms with Crippen molar-refractivity contribution in [2.75, 3.05) is 0 Å². The van der Waals surface area contributed by atoms with E-state index < -0.39 is 23.8 Å². The lowest BCUT2D eigenvalue weighted by atomic mass is 10.1. The summed E-state index contributed by atoms with van der Waals surface area (Å²) in [6.45, 7) is 1.77. The molecule has 1 unspecified atom stereocenters. The molecule has 0 spiro atoms. The smallest absolute Gasteiger partial charge is 0.326 e. The number of nitrogens with zero attached hydrogens (tertiary/aromatic N) is 1. The second-order valence-electron chi connectivity index (χ2n) is 4.12. The lowest BCUT2D eigenvalue weighted by Crippen LogP contribution is -2.41. The van der Waals surface area contributed by atoms with Crippen LogP contribution in [-0.2, 0) is 9.59 Å². The zero-order valence-corrected chi connectivity index (χ0v) is 10.4. The van der Waals surface area contributed by atoms with Crippen molar-refractivity contribution in [1.82, 2.24) is 10.3 Å². The molecule has 1 aromatic rings. The maximum Gasteiger partial charge on any atom is 0.326 e. The first-order valence-electron chi connectivity index (χ1n) is 5.63. The highest BCUT2D eigenvalue weighted by Gasteiger charge is 2.21. The molecule has 0 fully saturated rings. The Morgan fingerprint density at radius 1 is 1.42 bits per heavy atom. The molecule has 2 amide bonds. The third kappa shape index (κ3) is 4.74. The molecule has 0 saturated carbocycles. The van der Waals surface area contributed by atoms with Gasteiger partial charge >= 0.3 is 5.97 Å². The van der Waals surface area contributed by atoms with Gasteiger partial charge in [-0.1, -0.05) is 0 Å². The maximum absolute atomic E-state index is 11.8. The summed E-state index contributed by atoms with van der Waals surface area (Å²) in [6, 6.07) is 0.440. The van der Waals surface area contributed by atoms with Crippen LogP contribution in [0.15, 0.2) is 18.5 Å². The Kier molecular flexibility index (Phi) is 4.99. The fraction of sp³-hybridized carbons (Fsp3) is 0.333. The number of carbonyl (C=O) groups excluding carboxylic acids is 2. The molecule has 1 atom stereocenters. The fourth-order valence-corrected chi connectivity index (χ4v) is 1.46. The molecule has 0 radical (unpaired) electrons. The van der Waals surface area contributed by atoms with Crippen molar-refractivity contribution >= 4 is 17.8 Å². The van der Waals surface area contributed by atoms with E-state index in [1.165, 1.54) is 6.20 Å². The summed E-state index contributed by atoms with van der Waals surface area (Å²) in [4.78, 5) is 37.3. The van der Waals surface area contributed by atoms with Crippen molar-refractivity contribution in [2.45, 2.75) is 25.8 Å². The lowest BCUT2D eigenvalue weighted by Gasteiger charge is -2.13. The van der Waals surface area contributed by atoms with Crippen LogP contribution in [0.25, 0.3) is 0 Å². The topological polar surface area (TPSA) is 122 Å². The second-order valence-corrected chi connectivity index (χ2v) is 4.12. The SMILES string of the molecule is Cc1cncc(C(=O)NC(CCC(N)=O)C(=O)O)c1. The molecular weight excluding hydrogens is 250 g/mol. The van der Waals surface area contributed by atoms with Gasteiger partial charge in [-0.15, -0.1) is 0 Å². The van der Waals surface area contributed by atoms with Crippen molar-refractivity contribution in [2.24, 2.45) is 5.73 Å². The van der Waals surface area contributed by atoms with Crippen molar-refractivity contribution in [1.29, 1.82) is 0 Å². The standard InChI is InChI=1S/C12H15N3O4/c1-7-4-8(6-14-5-7)11(17)15-9(12(18)19)2-3-10(13)16/h4-6,9H,2-3H2,1H3,(H2,13,16)(H,15,17)(H,18,19). The third-order valence-electron chi connectivity index (χ3n) is 2.42. The average molecular weight is 265 g/mol. The van der Waals surface area contributed by atoms with E-state index in [1.807, 2.05) is 0 Å². The number of pyridine rings is 1. The number of nitrogens with one attached hydrogen (secondary N) is 1. The first-order chi connectivity index (χ1) is 8.90. The number of carboxylic acid groups (broad SMARTS) is 1. The molecule has 1 heterocycles. The van der Waals surface area contributed by atoms with E-state index in [-0.39, 0.29) is 18.4 Å². The fourth-order valence-electron chi connectivity index (χ4n) is 1.46. The van der Waals surface area contributed by atoms with Gasteiger partial charge in [0.2, 0.25) is 5.91 Å². The Labute approximate surface area is 109 Å². The molecule has 0 aliphatic rings. The largest absolute Gasteiger partial charge is 0.480 e. The van der Waals surface area contributed by atoms with Crippen LogP contribution in [0.1, 0.15) is 28.8 Å². The van der Waals surface area contributed by atoms with E-state index in [2.05, 4.69) is 10.3 Å². The van der Waals surface area contributed by atoms with Crippen molar-refractivity contribution in [3.05, 3.63) is 29.6 Å². The van der Waals surface area contributed by atoms with E-state index in [1.54, 1.807) is 19.2 Å². The van der Waals surface area contributed by atoms with Crippen molar-refractivity contribution in [3.8, 4) is 0 Å². The minimum absolute atomic E-state index is 0.0460. The van der Waals surface area contributed by atoms with Crippen LogP contribution < -0.4 is 11.1 Å². The third-order valence-corrected chi connectivity index (χ3v) is 2.42. The van der Waals surface area contributed by atoms with Gasteiger partial charge in [-0.3, -0.25) is 14.6 Å².